The molecule has 3 fully saturated rings. The number of hydrogen-bond acceptors (Lipinski definition) is 5. The van der Waals surface area contributed by atoms with Crippen LogP contribution in [0.3, 0.4) is 0 Å². The van der Waals surface area contributed by atoms with Crippen molar-refractivity contribution < 1.29 is 14.2 Å². The van der Waals surface area contributed by atoms with Crippen molar-refractivity contribution in [3.8, 4) is 0 Å². The van der Waals surface area contributed by atoms with E-state index in [2.05, 4.69) is 11.8 Å². The number of rotatable bonds is 2. The van der Waals surface area contributed by atoms with Crippen LogP contribution in [0.4, 0.5) is 0 Å². The van der Waals surface area contributed by atoms with Crippen molar-refractivity contribution in [3.63, 3.8) is 0 Å². The summed E-state index contributed by atoms with van der Waals surface area (Å²) in [5.74, 6) is 0. The smallest absolute Gasteiger partial charge is 0.0951 e. The first-order valence-electron chi connectivity index (χ1n) is 7.52. The molecule has 5 nitrogen and oxygen atoms in total. The molecule has 1 spiro atoms. The molecule has 0 radical (unpaired) electrons. The van der Waals surface area contributed by atoms with Crippen molar-refractivity contribution in [1.29, 1.82) is 0 Å². The lowest BCUT2D eigenvalue weighted by Gasteiger charge is -2.46. The molecule has 0 amide bonds. The van der Waals surface area contributed by atoms with Crippen LogP contribution >= 0.6 is 0 Å². The molecule has 3 heterocycles. The third kappa shape index (κ3) is 2.95. The van der Waals surface area contributed by atoms with Gasteiger partial charge < -0.3 is 19.9 Å². The maximum absolute atomic E-state index is 6.02. The largest absolute Gasteiger partial charge is 0.378 e. The second kappa shape index (κ2) is 5.66. The maximum Gasteiger partial charge on any atom is 0.0951 e. The van der Waals surface area contributed by atoms with Crippen molar-refractivity contribution in [1.82, 2.24) is 4.90 Å². The molecule has 19 heavy (non-hydrogen) atoms. The van der Waals surface area contributed by atoms with Gasteiger partial charge in [-0.15, -0.1) is 0 Å². The van der Waals surface area contributed by atoms with Gasteiger partial charge in [-0.3, -0.25) is 4.90 Å². The minimum atomic E-state index is -0.0112. The lowest BCUT2D eigenvalue weighted by atomic mass is 9.88. The van der Waals surface area contributed by atoms with Gasteiger partial charge in [0.1, 0.15) is 0 Å². The van der Waals surface area contributed by atoms with Crippen molar-refractivity contribution >= 4 is 0 Å². The molecular weight excluding hydrogens is 244 g/mol. The minimum Gasteiger partial charge on any atom is -0.378 e. The van der Waals surface area contributed by atoms with Gasteiger partial charge in [-0.2, -0.15) is 0 Å². The van der Waals surface area contributed by atoms with Crippen LogP contribution in [0.15, 0.2) is 0 Å². The Labute approximate surface area is 115 Å². The summed E-state index contributed by atoms with van der Waals surface area (Å²) in [6.07, 6.45) is 3.72. The Balaban J connectivity index is 1.64. The van der Waals surface area contributed by atoms with Gasteiger partial charge in [0.15, 0.2) is 0 Å². The molecule has 4 atom stereocenters. The fraction of sp³-hybridized carbons (Fsp3) is 1.00. The van der Waals surface area contributed by atoms with E-state index >= 15 is 0 Å². The Bertz CT molecular complexity index is 307. The van der Waals surface area contributed by atoms with Gasteiger partial charge in [0.2, 0.25) is 0 Å². The normalized spacial score (nSPS) is 44.8. The van der Waals surface area contributed by atoms with E-state index in [1.165, 1.54) is 0 Å². The highest BCUT2D eigenvalue weighted by atomic mass is 16.6. The van der Waals surface area contributed by atoms with Crippen LogP contribution < -0.4 is 5.73 Å². The summed E-state index contributed by atoms with van der Waals surface area (Å²) in [4.78, 5) is 2.56. The molecule has 3 rings (SSSR count). The number of nitrogens with two attached hydrogens (primary N) is 1. The van der Waals surface area contributed by atoms with Crippen LogP contribution in [0.5, 0.6) is 0 Å². The zero-order valence-electron chi connectivity index (χ0n) is 11.8. The minimum absolute atomic E-state index is 0.0112. The molecule has 3 aliphatic heterocycles. The Morgan fingerprint density at radius 3 is 2.95 bits per heavy atom. The molecule has 0 aliphatic carbocycles. The van der Waals surface area contributed by atoms with E-state index in [9.17, 15) is 0 Å². The maximum atomic E-state index is 6.02. The molecule has 0 aromatic heterocycles. The summed E-state index contributed by atoms with van der Waals surface area (Å²) in [7, 11) is 0. The Kier molecular flexibility index (Phi) is 4.10. The molecule has 0 saturated carbocycles. The molecule has 0 aromatic rings. The zero-order valence-corrected chi connectivity index (χ0v) is 11.8. The summed E-state index contributed by atoms with van der Waals surface area (Å²) < 4.78 is 17.4. The predicted molar refractivity (Wildman–Crippen MR) is 72.1 cm³/mol. The number of nitrogens with zero attached hydrogens (tertiary/aromatic N) is 1. The molecule has 0 aromatic carbocycles. The van der Waals surface area contributed by atoms with E-state index in [4.69, 9.17) is 19.9 Å². The quantitative estimate of drug-likeness (QED) is 0.786. The molecule has 2 N–H and O–H groups in total. The van der Waals surface area contributed by atoms with Gasteiger partial charge >= 0.3 is 0 Å². The number of ether oxygens (including phenoxy) is 3. The monoisotopic (exact) mass is 270 g/mol. The van der Waals surface area contributed by atoms with Crippen LogP contribution in [0, 0.1) is 0 Å². The Morgan fingerprint density at radius 1 is 1.32 bits per heavy atom. The fourth-order valence-corrected chi connectivity index (χ4v) is 3.69. The van der Waals surface area contributed by atoms with Crippen LogP contribution in [0.1, 0.15) is 26.2 Å². The summed E-state index contributed by atoms with van der Waals surface area (Å²) >= 11 is 0. The SMILES string of the molecule is CC1CN(C2CCOC3(CCOC3)C2)CC(CN)O1. The van der Waals surface area contributed by atoms with Crippen LogP contribution in [-0.4, -0.2) is 68.2 Å². The highest BCUT2D eigenvalue weighted by molar-refractivity contribution is 4.95. The Morgan fingerprint density at radius 2 is 2.21 bits per heavy atom. The third-order valence-corrected chi connectivity index (χ3v) is 4.67. The first kappa shape index (κ1) is 13.8. The van der Waals surface area contributed by atoms with Crippen molar-refractivity contribution in [3.05, 3.63) is 0 Å². The van der Waals surface area contributed by atoms with E-state index in [1.54, 1.807) is 0 Å². The molecular formula is C14H26N2O3. The van der Waals surface area contributed by atoms with E-state index in [0.717, 1.165) is 52.2 Å². The molecule has 5 heteroatoms. The average Bonchev–Trinajstić information content (AvgIpc) is 2.86. The van der Waals surface area contributed by atoms with Gasteiger partial charge in [-0.05, 0) is 19.8 Å². The van der Waals surface area contributed by atoms with Gasteiger partial charge in [0.05, 0.1) is 24.4 Å². The first-order chi connectivity index (χ1) is 9.21. The highest BCUT2D eigenvalue weighted by Gasteiger charge is 2.43. The Hall–Kier alpha value is -0.200. The van der Waals surface area contributed by atoms with Crippen LogP contribution in [0.25, 0.3) is 0 Å². The second-order valence-corrected chi connectivity index (χ2v) is 6.24. The van der Waals surface area contributed by atoms with E-state index in [-0.39, 0.29) is 17.8 Å². The molecule has 4 unspecified atom stereocenters. The summed E-state index contributed by atoms with van der Waals surface area (Å²) in [5, 5.41) is 0. The summed E-state index contributed by atoms with van der Waals surface area (Å²) in [6, 6.07) is 0.593. The fourth-order valence-electron chi connectivity index (χ4n) is 3.69. The second-order valence-electron chi connectivity index (χ2n) is 6.24. The molecule has 3 aliphatic rings. The van der Waals surface area contributed by atoms with E-state index in [1.807, 2.05) is 0 Å². The van der Waals surface area contributed by atoms with E-state index in [0.29, 0.717) is 12.6 Å². The van der Waals surface area contributed by atoms with Gasteiger partial charge in [0, 0.05) is 45.3 Å². The van der Waals surface area contributed by atoms with Crippen LogP contribution in [0.2, 0.25) is 0 Å². The lowest BCUT2D eigenvalue weighted by Crippen LogP contribution is -2.56. The van der Waals surface area contributed by atoms with E-state index < -0.39 is 0 Å². The highest BCUT2D eigenvalue weighted by Crippen LogP contribution is 2.35. The average molecular weight is 270 g/mol. The summed E-state index contributed by atoms with van der Waals surface area (Å²) in [6.45, 7) is 7.19. The zero-order chi connectivity index (χ0) is 13.3. The standard InChI is InChI=1S/C14H26N2O3/c1-11-8-16(9-13(7-15)19-11)12-2-4-18-14(6-12)3-5-17-10-14/h11-13H,2-10,15H2,1H3. The van der Waals surface area contributed by atoms with Gasteiger partial charge in [-0.1, -0.05) is 0 Å². The molecule has 0 bridgehead atoms. The lowest BCUT2D eigenvalue weighted by molar-refractivity contribution is -0.135. The predicted octanol–water partition coefficient (Wildman–Crippen LogP) is 0.373. The molecule has 110 valence electrons. The topological polar surface area (TPSA) is 57.0 Å². The summed E-state index contributed by atoms with van der Waals surface area (Å²) in [5.41, 5.74) is 5.77. The third-order valence-electron chi connectivity index (χ3n) is 4.67. The first-order valence-corrected chi connectivity index (χ1v) is 7.52. The van der Waals surface area contributed by atoms with Crippen molar-refractivity contribution in [2.75, 3.05) is 39.5 Å². The molecule has 3 saturated heterocycles. The van der Waals surface area contributed by atoms with Crippen LogP contribution in [-0.2, 0) is 14.2 Å². The van der Waals surface area contributed by atoms with Crippen molar-refractivity contribution in [2.45, 2.75) is 50.0 Å². The van der Waals surface area contributed by atoms with Gasteiger partial charge in [0.25, 0.3) is 0 Å². The number of morpholine rings is 1. The van der Waals surface area contributed by atoms with Gasteiger partial charge in [-0.25, -0.2) is 0 Å². The van der Waals surface area contributed by atoms with Crippen molar-refractivity contribution in [2.24, 2.45) is 5.73 Å². The number of hydrogen-bond donors (Lipinski definition) is 1.